The van der Waals surface area contributed by atoms with E-state index in [-0.39, 0.29) is 5.91 Å². The number of rotatable bonds is 8. The number of unbranched alkanes of at least 4 members (excludes halogenated alkanes) is 3. The summed E-state index contributed by atoms with van der Waals surface area (Å²) < 4.78 is 2.18. The summed E-state index contributed by atoms with van der Waals surface area (Å²) in [6, 6.07) is 7.51. The summed E-state index contributed by atoms with van der Waals surface area (Å²) in [6.07, 6.45) is 4.68. The number of amides is 3. The van der Waals surface area contributed by atoms with Gasteiger partial charge in [0.05, 0.1) is 16.3 Å². The third-order valence-corrected chi connectivity index (χ3v) is 5.06. The molecule has 0 saturated carbocycles. The Balaban J connectivity index is 2.15. The fourth-order valence-corrected chi connectivity index (χ4v) is 3.49. The van der Waals surface area contributed by atoms with Gasteiger partial charge in [-0.05, 0) is 25.5 Å². The highest BCUT2D eigenvalue weighted by molar-refractivity contribution is 8.00. The number of hydrogen-bond acceptors (Lipinski definition) is 4. The summed E-state index contributed by atoms with van der Waals surface area (Å²) in [5, 5.41) is 5.11. The second-order valence-electron chi connectivity index (χ2n) is 5.92. The van der Waals surface area contributed by atoms with Crippen LogP contribution >= 0.6 is 11.8 Å². The molecule has 25 heavy (non-hydrogen) atoms. The number of aryl methyl sites for hydroxylation is 1. The Morgan fingerprint density at radius 1 is 1.24 bits per heavy atom. The summed E-state index contributed by atoms with van der Waals surface area (Å²) in [6.45, 7) is 4.86. The van der Waals surface area contributed by atoms with E-state index in [4.69, 9.17) is 0 Å². The Bertz CT molecular complexity index is 729. The van der Waals surface area contributed by atoms with Crippen LogP contribution in [0.5, 0.6) is 0 Å². The van der Waals surface area contributed by atoms with Gasteiger partial charge in [-0.3, -0.25) is 10.1 Å². The number of urea groups is 1. The predicted octanol–water partition coefficient (Wildman–Crippen LogP) is 3.55. The zero-order valence-corrected chi connectivity index (χ0v) is 15.9. The van der Waals surface area contributed by atoms with Gasteiger partial charge in [-0.25, -0.2) is 9.78 Å². The Morgan fingerprint density at radius 3 is 2.72 bits per heavy atom. The molecule has 136 valence electrons. The molecule has 0 unspecified atom stereocenters. The minimum Gasteiger partial charge on any atom is -0.341 e. The first-order valence-electron chi connectivity index (χ1n) is 8.71. The van der Waals surface area contributed by atoms with Gasteiger partial charge in [0, 0.05) is 13.6 Å². The fourth-order valence-electron chi connectivity index (χ4n) is 2.54. The van der Waals surface area contributed by atoms with Crippen LogP contribution in [-0.4, -0.2) is 33.8 Å². The molecule has 0 radical (unpaired) electrons. The molecule has 0 aliphatic rings. The lowest BCUT2D eigenvalue weighted by molar-refractivity contribution is -0.119. The van der Waals surface area contributed by atoms with Crippen molar-refractivity contribution in [2.75, 3.05) is 7.05 Å². The van der Waals surface area contributed by atoms with E-state index < -0.39 is 11.3 Å². The van der Waals surface area contributed by atoms with E-state index in [1.165, 1.54) is 38.1 Å². The van der Waals surface area contributed by atoms with Crippen molar-refractivity contribution in [2.45, 2.75) is 56.5 Å². The van der Waals surface area contributed by atoms with E-state index in [1.54, 1.807) is 6.92 Å². The van der Waals surface area contributed by atoms with Crippen molar-refractivity contribution >= 4 is 34.7 Å². The number of hydrogen-bond donors (Lipinski definition) is 2. The summed E-state index contributed by atoms with van der Waals surface area (Å²) in [5.74, 6) is -0.325. The molecule has 0 fully saturated rings. The van der Waals surface area contributed by atoms with Gasteiger partial charge in [0.25, 0.3) is 0 Å². The summed E-state index contributed by atoms with van der Waals surface area (Å²) >= 11 is 1.38. The van der Waals surface area contributed by atoms with Crippen LogP contribution in [0, 0.1) is 0 Å². The van der Waals surface area contributed by atoms with Gasteiger partial charge in [0.1, 0.15) is 0 Å². The number of carbonyl (C=O) groups excluding carboxylic acids is 2. The SMILES string of the molecule is CCCCCCn1c(S[C@@H](C)C(=O)NC(=O)NC)nc2ccccc21. The average molecular weight is 362 g/mol. The van der Waals surface area contributed by atoms with Crippen LogP contribution in [0.3, 0.4) is 0 Å². The molecule has 0 spiro atoms. The monoisotopic (exact) mass is 362 g/mol. The minimum absolute atomic E-state index is 0.325. The van der Waals surface area contributed by atoms with Crippen LogP contribution in [0.1, 0.15) is 39.5 Å². The van der Waals surface area contributed by atoms with E-state index in [9.17, 15) is 9.59 Å². The third-order valence-electron chi connectivity index (χ3n) is 3.97. The summed E-state index contributed by atoms with van der Waals surface area (Å²) in [5.41, 5.74) is 2.01. The summed E-state index contributed by atoms with van der Waals surface area (Å²) in [4.78, 5) is 28.1. The van der Waals surface area contributed by atoms with E-state index in [0.717, 1.165) is 29.2 Å². The first kappa shape index (κ1) is 19.3. The molecule has 0 aliphatic carbocycles. The number of imide groups is 1. The molecule has 2 N–H and O–H groups in total. The van der Waals surface area contributed by atoms with E-state index in [1.807, 2.05) is 18.2 Å². The Hall–Kier alpha value is -2.02. The van der Waals surface area contributed by atoms with Crippen molar-refractivity contribution in [3.8, 4) is 0 Å². The highest BCUT2D eigenvalue weighted by Gasteiger charge is 2.20. The van der Waals surface area contributed by atoms with E-state index in [2.05, 4.69) is 33.2 Å². The quantitative estimate of drug-likeness (QED) is 0.556. The maximum Gasteiger partial charge on any atom is 0.321 e. The predicted molar refractivity (Wildman–Crippen MR) is 102 cm³/mol. The van der Waals surface area contributed by atoms with Gasteiger partial charge in [0.2, 0.25) is 5.91 Å². The fraction of sp³-hybridized carbons (Fsp3) is 0.500. The second kappa shape index (κ2) is 9.46. The minimum atomic E-state index is -0.495. The van der Waals surface area contributed by atoms with Crippen LogP contribution in [0.4, 0.5) is 4.79 Å². The number of benzene rings is 1. The highest BCUT2D eigenvalue weighted by atomic mass is 32.2. The Labute approximate surface area is 152 Å². The topological polar surface area (TPSA) is 76.0 Å². The van der Waals surface area contributed by atoms with Crippen molar-refractivity contribution < 1.29 is 9.59 Å². The lowest BCUT2D eigenvalue weighted by atomic mass is 10.2. The Morgan fingerprint density at radius 2 is 2.00 bits per heavy atom. The molecule has 7 heteroatoms. The number of imidazole rings is 1. The van der Waals surface area contributed by atoms with Crippen LogP contribution in [0.25, 0.3) is 11.0 Å². The molecule has 1 aromatic heterocycles. The number of thioether (sulfide) groups is 1. The lowest BCUT2D eigenvalue weighted by Gasteiger charge is -2.13. The van der Waals surface area contributed by atoms with Crippen molar-refractivity contribution in [1.29, 1.82) is 0 Å². The molecule has 0 saturated heterocycles. The highest BCUT2D eigenvalue weighted by Crippen LogP contribution is 2.28. The first-order chi connectivity index (χ1) is 12.1. The second-order valence-corrected chi connectivity index (χ2v) is 7.23. The number of nitrogens with zero attached hydrogens (tertiary/aromatic N) is 2. The van der Waals surface area contributed by atoms with Crippen LogP contribution in [0.15, 0.2) is 29.4 Å². The molecule has 1 atom stereocenters. The van der Waals surface area contributed by atoms with Crippen molar-refractivity contribution in [1.82, 2.24) is 20.2 Å². The van der Waals surface area contributed by atoms with Gasteiger partial charge in [-0.1, -0.05) is 50.1 Å². The molecule has 1 aromatic carbocycles. The van der Waals surface area contributed by atoms with E-state index >= 15 is 0 Å². The molecular weight excluding hydrogens is 336 g/mol. The van der Waals surface area contributed by atoms with Crippen molar-refractivity contribution in [3.63, 3.8) is 0 Å². The van der Waals surface area contributed by atoms with Gasteiger partial charge in [0.15, 0.2) is 5.16 Å². The smallest absolute Gasteiger partial charge is 0.321 e. The number of aromatic nitrogens is 2. The van der Waals surface area contributed by atoms with Gasteiger partial charge < -0.3 is 9.88 Å². The normalized spacial score (nSPS) is 12.1. The van der Waals surface area contributed by atoms with Crippen molar-refractivity contribution in [2.24, 2.45) is 0 Å². The third kappa shape index (κ3) is 5.22. The molecule has 0 bridgehead atoms. The maximum atomic E-state index is 12.1. The largest absolute Gasteiger partial charge is 0.341 e. The standard InChI is InChI=1S/C18H26N4O2S/c1-4-5-6-9-12-22-15-11-8-7-10-14(15)20-18(22)25-13(2)16(23)21-17(24)19-3/h7-8,10-11,13H,4-6,9,12H2,1-3H3,(H2,19,21,23,24)/t13-/m0/s1. The number of para-hydroxylation sites is 2. The molecule has 0 aliphatic heterocycles. The first-order valence-corrected chi connectivity index (χ1v) is 9.59. The number of fused-ring (bicyclic) bond motifs is 1. The number of carbonyl (C=O) groups is 2. The van der Waals surface area contributed by atoms with Gasteiger partial charge in [-0.2, -0.15) is 0 Å². The van der Waals surface area contributed by atoms with Crippen LogP contribution in [-0.2, 0) is 11.3 Å². The average Bonchev–Trinajstić information content (AvgIpc) is 2.95. The molecule has 2 aromatic rings. The Kier molecular flexibility index (Phi) is 7.31. The molecular formula is C18H26N4O2S. The maximum absolute atomic E-state index is 12.1. The van der Waals surface area contributed by atoms with Crippen molar-refractivity contribution in [3.05, 3.63) is 24.3 Å². The molecule has 3 amide bonds. The zero-order valence-electron chi connectivity index (χ0n) is 15.0. The molecule has 6 nitrogen and oxygen atoms in total. The van der Waals surface area contributed by atoms with Crippen LogP contribution < -0.4 is 10.6 Å². The zero-order chi connectivity index (χ0) is 18.2. The molecule has 2 rings (SSSR count). The molecule has 1 heterocycles. The van der Waals surface area contributed by atoms with Gasteiger partial charge in [-0.15, -0.1) is 0 Å². The number of nitrogens with one attached hydrogen (secondary N) is 2. The van der Waals surface area contributed by atoms with Crippen LogP contribution in [0.2, 0.25) is 0 Å². The summed E-state index contributed by atoms with van der Waals surface area (Å²) in [7, 11) is 1.48. The van der Waals surface area contributed by atoms with E-state index in [0.29, 0.717) is 0 Å². The van der Waals surface area contributed by atoms with Gasteiger partial charge >= 0.3 is 6.03 Å². The lowest BCUT2D eigenvalue weighted by Crippen LogP contribution is -2.41.